The Kier molecular flexibility index (Phi) is 7.00. The molecule has 2 rings (SSSR count). The predicted octanol–water partition coefficient (Wildman–Crippen LogP) is 3.47. The van der Waals surface area contributed by atoms with Crippen molar-refractivity contribution >= 4 is 29.1 Å². The molecule has 1 aliphatic rings. The van der Waals surface area contributed by atoms with Gasteiger partial charge in [-0.3, -0.25) is 4.79 Å². The minimum absolute atomic E-state index is 0.0475. The molecule has 1 aromatic rings. The fourth-order valence-electron chi connectivity index (χ4n) is 3.11. The van der Waals surface area contributed by atoms with E-state index in [2.05, 4.69) is 24.1 Å². The van der Waals surface area contributed by atoms with Crippen molar-refractivity contribution in [3.8, 4) is 5.75 Å². The van der Waals surface area contributed by atoms with E-state index in [-0.39, 0.29) is 12.5 Å². The molecule has 1 aliphatic heterocycles. The molecular weight excluding hydrogens is 335 g/mol. The number of rotatable bonds is 6. The lowest BCUT2D eigenvalue weighted by Crippen LogP contribution is -2.43. The predicted molar refractivity (Wildman–Crippen MR) is 94.4 cm³/mol. The molecule has 1 amide bonds. The summed E-state index contributed by atoms with van der Waals surface area (Å²) in [6.07, 6.45) is 1.29. The quantitative estimate of drug-likeness (QED) is 0.846. The maximum atomic E-state index is 11.8. The molecular formula is C17H24Cl2N2O2. The number of carbonyl (C=O) groups is 1. The second-order valence-electron chi connectivity index (χ2n) is 6.42. The molecule has 2 atom stereocenters. The molecule has 128 valence electrons. The average Bonchev–Trinajstić information content (AvgIpc) is 2.45. The first-order valence-electron chi connectivity index (χ1n) is 8.01. The highest BCUT2D eigenvalue weighted by Crippen LogP contribution is 2.27. The average molecular weight is 359 g/mol. The fourth-order valence-corrected chi connectivity index (χ4v) is 3.58. The molecule has 0 bridgehead atoms. The minimum atomic E-state index is -0.144. The van der Waals surface area contributed by atoms with E-state index in [0.717, 1.165) is 31.5 Å². The fraction of sp³-hybridized carbons (Fsp3) is 0.588. The van der Waals surface area contributed by atoms with Gasteiger partial charge in [-0.15, -0.1) is 0 Å². The van der Waals surface area contributed by atoms with Gasteiger partial charge >= 0.3 is 0 Å². The Bertz CT molecular complexity index is 529. The number of hydrogen-bond acceptors (Lipinski definition) is 3. The van der Waals surface area contributed by atoms with Crippen LogP contribution in [0.15, 0.2) is 18.2 Å². The summed E-state index contributed by atoms with van der Waals surface area (Å²) < 4.78 is 5.41. The molecule has 0 radical (unpaired) electrons. The van der Waals surface area contributed by atoms with E-state index >= 15 is 0 Å². The third-order valence-corrected chi connectivity index (χ3v) is 4.48. The highest BCUT2D eigenvalue weighted by molar-refractivity contribution is 6.35. The molecule has 2 unspecified atom stereocenters. The number of nitrogens with zero attached hydrogens (tertiary/aromatic N) is 1. The molecule has 6 heteroatoms. The highest BCUT2D eigenvalue weighted by atomic mass is 35.5. The van der Waals surface area contributed by atoms with E-state index in [0.29, 0.717) is 22.3 Å². The maximum absolute atomic E-state index is 11.8. The summed E-state index contributed by atoms with van der Waals surface area (Å²) in [7, 11) is 0. The van der Waals surface area contributed by atoms with Crippen LogP contribution in [0, 0.1) is 11.8 Å². The molecule has 1 aromatic carbocycles. The third-order valence-electron chi connectivity index (χ3n) is 3.95. The Morgan fingerprint density at radius 3 is 2.65 bits per heavy atom. The first-order valence-corrected chi connectivity index (χ1v) is 8.76. The number of benzene rings is 1. The molecule has 4 nitrogen and oxygen atoms in total. The normalized spacial score (nSPS) is 21.9. The van der Waals surface area contributed by atoms with Gasteiger partial charge in [0.25, 0.3) is 5.91 Å². The smallest absolute Gasteiger partial charge is 0.257 e. The van der Waals surface area contributed by atoms with Gasteiger partial charge in [-0.25, -0.2) is 0 Å². The minimum Gasteiger partial charge on any atom is -0.482 e. The van der Waals surface area contributed by atoms with Gasteiger partial charge in [-0.1, -0.05) is 37.0 Å². The number of likely N-dealkylation sites (tertiary alicyclic amines) is 1. The Morgan fingerprint density at radius 1 is 1.30 bits per heavy atom. The monoisotopic (exact) mass is 358 g/mol. The third kappa shape index (κ3) is 6.21. The standard InChI is InChI=1S/C17H24Cl2N2O2/c1-12-7-13(2)10-21(9-12)6-5-20-17(22)11-23-16-4-3-14(18)8-15(16)19/h3-4,8,12-13H,5-7,9-11H2,1-2H3,(H,20,22). The number of piperidine rings is 1. The number of carbonyl (C=O) groups excluding carboxylic acids is 1. The summed E-state index contributed by atoms with van der Waals surface area (Å²) in [6.45, 7) is 8.25. The van der Waals surface area contributed by atoms with Crippen LogP contribution >= 0.6 is 23.2 Å². The molecule has 0 aliphatic carbocycles. The first-order chi connectivity index (χ1) is 10.9. The van der Waals surface area contributed by atoms with Gasteiger partial charge in [-0.05, 0) is 36.5 Å². The molecule has 1 heterocycles. The molecule has 0 aromatic heterocycles. The molecule has 0 saturated carbocycles. The maximum Gasteiger partial charge on any atom is 0.257 e. The summed E-state index contributed by atoms with van der Waals surface area (Å²) in [6, 6.07) is 4.93. The van der Waals surface area contributed by atoms with Gasteiger partial charge in [0.05, 0.1) is 5.02 Å². The second-order valence-corrected chi connectivity index (χ2v) is 7.26. The number of halogens is 2. The van der Waals surface area contributed by atoms with E-state index in [1.54, 1.807) is 18.2 Å². The molecule has 1 fully saturated rings. The summed E-state index contributed by atoms with van der Waals surface area (Å²) in [5.41, 5.74) is 0. The number of hydrogen-bond donors (Lipinski definition) is 1. The molecule has 1 N–H and O–H groups in total. The SMILES string of the molecule is CC1CC(C)CN(CCNC(=O)COc2ccc(Cl)cc2Cl)C1. The van der Waals surface area contributed by atoms with Crippen molar-refractivity contribution in [2.45, 2.75) is 20.3 Å². The summed E-state index contributed by atoms with van der Waals surface area (Å²) in [4.78, 5) is 14.3. The number of ether oxygens (including phenoxy) is 1. The van der Waals surface area contributed by atoms with Crippen LogP contribution in [0.4, 0.5) is 0 Å². The van der Waals surface area contributed by atoms with Crippen molar-refractivity contribution in [1.29, 1.82) is 0 Å². The van der Waals surface area contributed by atoms with E-state index in [1.807, 2.05) is 0 Å². The number of nitrogens with one attached hydrogen (secondary N) is 1. The van der Waals surface area contributed by atoms with Gasteiger partial charge in [-0.2, -0.15) is 0 Å². The van der Waals surface area contributed by atoms with Crippen molar-refractivity contribution in [3.63, 3.8) is 0 Å². The van der Waals surface area contributed by atoms with Gasteiger partial charge < -0.3 is 15.0 Å². The van der Waals surface area contributed by atoms with Crippen molar-refractivity contribution in [2.75, 3.05) is 32.8 Å². The van der Waals surface area contributed by atoms with E-state index in [9.17, 15) is 4.79 Å². The van der Waals surface area contributed by atoms with Crippen LogP contribution in [-0.4, -0.2) is 43.6 Å². The summed E-state index contributed by atoms with van der Waals surface area (Å²) in [5, 5.41) is 3.83. The summed E-state index contributed by atoms with van der Waals surface area (Å²) in [5.74, 6) is 1.77. The Hall–Kier alpha value is -0.970. The van der Waals surface area contributed by atoms with Crippen LogP contribution in [-0.2, 0) is 4.79 Å². The van der Waals surface area contributed by atoms with Gasteiger partial charge in [0, 0.05) is 31.2 Å². The lowest BCUT2D eigenvalue weighted by atomic mass is 9.92. The van der Waals surface area contributed by atoms with Gasteiger partial charge in [0.1, 0.15) is 5.75 Å². The second kappa shape index (κ2) is 8.76. The van der Waals surface area contributed by atoms with Crippen molar-refractivity contribution in [3.05, 3.63) is 28.2 Å². The van der Waals surface area contributed by atoms with Crippen LogP contribution in [0.25, 0.3) is 0 Å². The van der Waals surface area contributed by atoms with E-state index < -0.39 is 0 Å². The largest absolute Gasteiger partial charge is 0.482 e. The topological polar surface area (TPSA) is 41.6 Å². The Labute approximate surface area is 148 Å². The summed E-state index contributed by atoms with van der Waals surface area (Å²) >= 11 is 11.8. The van der Waals surface area contributed by atoms with Crippen LogP contribution in [0.5, 0.6) is 5.75 Å². The molecule has 0 spiro atoms. The van der Waals surface area contributed by atoms with Crippen LogP contribution in [0.3, 0.4) is 0 Å². The number of amides is 1. The lowest BCUT2D eigenvalue weighted by molar-refractivity contribution is -0.123. The van der Waals surface area contributed by atoms with Crippen LogP contribution in [0.1, 0.15) is 20.3 Å². The van der Waals surface area contributed by atoms with Gasteiger partial charge in [0.2, 0.25) is 0 Å². The van der Waals surface area contributed by atoms with Crippen LogP contribution in [0.2, 0.25) is 10.0 Å². The zero-order chi connectivity index (χ0) is 16.8. The Morgan fingerprint density at radius 2 is 2.00 bits per heavy atom. The highest BCUT2D eigenvalue weighted by Gasteiger charge is 2.21. The Balaban J connectivity index is 1.67. The van der Waals surface area contributed by atoms with Crippen molar-refractivity contribution in [1.82, 2.24) is 10.2 Å². The van der Waals surface area contributed by atoms with Gasteiger partial charge in [0.15, 0.2) is 6.61 Å². The van der Waals surface area contributed by atoms with Crippen LogP contribution < -0.4 is 10.1 Å². The van der Waals surface area contributed by atoms with Crippen molar-refractivity contribution in [2.24, 2.45) is 11.8 Å². The first kappa shape index (κ1) is 18.4. The lowest BCUT2D eigenvalue weighted by Gasteiger charge is -2.34. The molecule has 23 heavy (non-hydrogen) atoms. The van der Waals surface area contributed by atoms with Crippen molar-refractivity contribution < 1.29 is 9.53 Å². The zero-order valence-corrected chi connectivity index (χ0v) is 15.2. The van der Waals surface area contributed by atoms with E-state index in [4.69, 9.17) is 27.9 Å². The molecule has 1 saturated heterocycles. The van der Waals surface area contributed by atoms with E-state index in [1.165, 1.54) is 6.42 Å². The zero-order valence-electron chi connectivity index (χ0n) is 13.6.